The average molecular weight is 399 g/mol. The first-order chi connectivity index (χ1) is 14.2. The van der Waals surface area contributed by atoms with E-state index in [0.29, 0.717) is 48.8 Å². The fraction of sp³-hybridized carbons (Fsp3) is 0.350. The van der Waals surface area contributed by atoms with Crippen LogP contribution in [0.3, 0.4) is 0 Å². The lowest BCUT2D eigenvalue weighted by Gasteiger charge is -2.23. The van der Waals surface area contributed by atoms with Gasteiger partial charge in [0.15, 0.2) is 17.4 Å². The molecule has 1 fully saturated rings. The quantitative estimate of drug-likeness (QED) is 0.511. The molecule has 5 rings (SSSR count). The van der Waals surface area contributed by atoms with Crippen molar-refractivity contribution < 1.29 is 17.9 Å². The molecule has 0 N–H and O–H groups in total. The minimum Gasteiger partial charge on any atom is -0.461 e. The van der Waals surface area contributed by atoms with Gasteiger partial charge in [-0.3, -0.25) is 0 Å². The number of hydrogen-bond donors (Lipinski definition) is 0. The largest absolute Gasteiger partial charge is 0.461 e. The molecule has 150 valence electrons. The fourth-order valence-corrected chi connectivity index (χ4v) is 3.71. The number of aryl methyl sites for hydroxylation is 2. The van der Waals surface area contributed by atoms with Gasteiger partial charge in [-0.2, -0.15) is 0 Å². The van der Waals surface area contributed by atoms with E-state index < -0.39 is 11.6 Å². The van der Waals surface area contributed by atoms with Crippen molar-refractivity contribution >= 4 is 11.0 Å². The van der Waals surface area contributed by atoms with Crippen LogP contribution in [-0.2, 0) is 17.7 Å². The van der Waals surface area contributed by atoms with Crippen LogP contribution in [0.2, 0.25) is 0 Å². The van der Waals surface area contributed by atoms with Crippen molar-refractivity contribution in [3.63, 3.8) is 0 Å². The van der Waals surface area contributed by atoms with Crippen LogP contribution in [0.15, 0.2) is 41.3 Å². The van der Waals surface area contributed by atoms with Crippen molar-refractivity contribution in [2.45, 2.75) is 31.8 Å². The summed E-state index contributed by atoms with van der Waals surface area (Å²) in [7, 11) is 0. The topological polar surface area (TPSA) is 70.9 Å². The summed E-state index contributed by atoms with van der Waals surface area (Å²) in [5, 5.41) is 4.69. The number of aromatic nitrogens is 5. The first-order valence-electron chi connectivity index (χ1n) is 9.56. The van der Waals surface area contributed by atoms with Crippen LogP contribution in [0.4, 0.5) is 8.78 Å². The predicted octanol–water partition coefficient (Wildman–Crippen LogP) is 3.76. The van der Waals surface area contributed by atoms with Gasteiger partial charge in [-0.25, -0.2) is 23.4 Å². The molecular formula is C20H19F2N5O2. The van der Waals surface area contributed by atoms with Crippen LogP contribution >= 0.6 is 0 Å². The summed E-state index contributed by atoms with van der Waals surface area (Å²) in [4.78, 5) is 8.86. The molecule has 0 amide bonds. The number of furan rings is 1. The predicted molar refractivity (Wildman–Crippen MR) is 100 cm³/mol. The van der Waals surface area contributed by atoms with Crippen LogP contribution in [0.5, 0.6) is 0 Å². The maximum absolute atomic E-state index is 13.7. The molecule has 1 aromatic carbocycles. The van der Waals surface area contributed by atoms with E-state index in [0.717, 1.165) is 24.7 Å². The highest BCUT2D eigenvalue weighted by Gasteiger charge is 2.23. The molecule has 9 heteroatoms. The van der Waals surface area contributed by atoms with E-state index in [1.54, 1.807) is 23.2 Å². The molecule has 1 aliphatic rings. The molecule has 1 saturated heterocycles. The third kappa shape index (κ3) is 3.42. The van der Waals surface area contributed by atoms with Crippen LogP contribution in [-0.4, -0.2) is 37.5 Å². The lowest BCUT2D eigenvalue weighted by Crippen LogP contribution is -2.22. The van der Waals surface area contributed by atoms with Gasteiger partial charge in [0.1, 0.15) is 5.82 Å². The minimum absolute atomic E-state index is 0.209. The molecule has 7 nitrogen and oxygen atoms in total. The third-order valence-electron chi connectivity index (χ3n) is 5.22. The monoisotopic (exact) mass is 399 g/mol. The minimum atomic E-state index is -0.898. The van der Waals surface area contributed by atoms with Gasteiger partial charge < -0.3 is 13.7 Å². The lowest BCUT2D eigenvalue weighted by molar-refractivity contribution is 0.0652. The Kier molecular flexibility index (Phi) is 4.59. The van der Waals surface area contributed by atoms with E-state index in [-0.39, 0.29) is 6.04 Å². The van der Waals surface area contributed by atoms with Crippen molar-refractivity contribution in [2.24, 2.45) is 0 Å². The molecule has 0 spiro atoms. The molecule has 0 atom stereocenters. The van der Waals surface area contributed by atoms with Crippen molar-refractivity contribution in [3.05, 3.63) is 54.3 Å². The molecule has 0 bridgehead atoms. The molecule has 1 aliphatic heterocycles. The SMILES string of the molecule is Fc1cc2ncn(CCc3nc(-c4ccco4)nn3C3CCOCC3)c2cc1F. The average Bonchev–Trinajstić information content (AvgIpc) is 3.47. The van der Waals surface area contributed by atoms with Crippen molar-refractivity contribution in [1.29, 1.82) is 0 Å². The maximum Gasteiger partial charge on any atom is 0.217 e. The second-order valence-corrected chi connectivity index (χ2v) is 7.06. The zero-order valence-electron chi connectivity index (χ0n) is 15.6. The van der Waals surface area contributed by atoms with Gasteiger partial charge in [-0.15, -0.1) is 5.10 Å². The van der Waals surface area contributed by atoms with E-state index in [2.05, 4.69) is 15.1 Å². The molecule has 0 aliphatic carbocycles. The van der Waals surface area contributed by atoms with Crippen LogP contribution in [0.25, 0.3) is 22.6 Å². The Labute approximate surface area is 164 Å². The molecular weight excluding hydrogens is 380 g/mol. The molecule has 0 radical (unpaired) electrons. The van der Waals surface area contributed by atoms with E-state index in [4.69, 9.17) is 9.15 Å². The molecule has 4 aromatic rings. The second kappa shape index (κ2) is 7.40. The second-order valence-electron chi connectivity index (χ2n) is 7.06. The Hall–Kier alpha value is -3.07. The van der Waals surface area contributed by atoms with Gasteiger partial charge in [0.2, 0.25) is 5.82 Å². The highest BCUT2D eigenvalue weighted by atomic mass is 19.2. The number of nitrogens with zero attached hydrogens (tertiary/aromatic N) is 5. The smallest absolute Gasteiger partial charge is 0.217 e. The van der Waals surface area contributed by atoms with Crippen molar-refractivity contribution in [3.8, 4) is 11.6 Å². The Morgan fingerprint density at radius 3 is 2.76 bits per heavy atom. The standard InChI is InChI=1S/C20H19F2N5O2/c21-14-10-16-17(11-15(14)22)26(12-23-16)6-3-19-24-20(18-2-1-7-29-18)25-27(19)13-4-8-28-9-5-13/h1-2,7,10-13H,3-6,8-9H2. The lowest BCUT2D eigenvalue weighted by atomic mass is 10.1. The third-order valence-corrected chi connectivity index (χ3v) is 5.22. The number of halogens is 2. The van der Waals surface area contributed by atoms with Crippen LogP contribution < -0.4 is 0 Å². The highest BCUT2D eigenvalue weighted by Crippen LogP contribution is 2.25. The Morgan fingerprint density at radius 1 is 1.14 bits per heavy atom. The van der Waals surface area contributed by atoms with Gasteiger partial charge in [0.05, 0.1) is 29.7 Å². The Morgan fingerprint density at radius 2 is 1.97 bits per heavy atom. The Balaban J connectivity index is 1.45. The molecule has 0 saturated carbocycles. The molecule has 29 heavy (non-hydrogen) atoms. The van der Waals surface area contributed by atoms with Crippen molar-refractivity contribution in [1.82, 2.24) is 24.3 Å². The Bertz CT molecular complexity index is 1130. The number of rotatable bonds is 5. The number of hydrogen-bond acceptors (Lipinski definition) is 5. The van der Waals surface area contributed by atoms with E-state index >= 15 is 0 Å². The fourth-order valence-electron chi connectivity index (χ4n) is 3.71. The number of fused-ring (bicyclic) bond motifs is 1. The number of imidazole rings is 1. The van der Waals surface area contributed by atoms with Gasteiger partial charge in [0, 0.05) is 38.3 Å². The van der Waals surface area contributed by atoms with E-state index in [1.807, 2.05) is 10.7 Å². The summed E-state index contributed by atoms with van der Waals surface area (Å²) < 4.78 is 41.8. The zero-order valence-corrected chi connectivity index (χ0v) is 15.6. The zero-order chi connectivity index (χ0) is 19.8. The van der Waals surface area contributed by atoms with Crippen LogP contribution in [0.1, 0.15) is 24.7 Å². The summed E-state index contributed by atoms with van der Waals surface area (Å²) >= 11 is 0. The number of ether oxygens (including phenoxy) is 1. The van der Waals surface area contributed by atoms with Gasteiger partial charge >= 0.3 is 0 Å². The summed E-state index contributed by atoms with van der Waals surface area (Å²) in [6.45, 7) is 1.90. The summed E-state index contributed by atoms with van der Waals surface area (Å²) in [6.07, 6.45) is 5.48. The number of benzene rings is 1. The molecule has 0 unspecified atom stereocenters. The van der Waals surface area contributed by atoms with Gasteiger partial charge in [-0.05, 0) is 25.0 Å². The highest BCUT2D eigenvalue weighted by molar-refractivity contribution is 5.75. The van der Waals surface area contributed by atoms with Crippen LogP contribution in [0, 0.1) is 11.6 Å². The van der Waals surface area contributed by atoms with E-state index in [9.17, 15) is 8.78 Å². The first-order valence-corrected chi connectivity index (χ1v) is 9.56. The summed E-state index contributed by atoms with van der Waals surface area (Å²) in [5.41, 5.74) is 0.971. The maximum atomic E-state index is 13.7. The van der Waals surface area contributed by atoms with Gasteiger partial charge in [0.25, 0.3) is 0 Å². The van der Waals surface area contributed by atoms with Crippen molar-refractivity contribution in [2.75, 3.05) is 13.2 Å². The summed E-state index contributed by atoms with van der Waals surface area (Å²) in [5.74, 6) is 0.186. The molecule has 4 heterocycles. The van der Waals surface area contributed by atoms with Gasteiger partial charge in [-0.1, -0.05) is 0 Å². The summed E-state index contributed by atoms with van der Waals surface area (Å²) in [6, 6.07) is 6.13. The molecule has 3 aromatic heterocycles. The normalized spacial score (nSPS) is 15.4. The van der Waals surface area contributed by atoms with E-state index in [1.165, 1.54) is 6.07 Å². The first kappa shape index (κ1) is 18.0.